The van der Waals surface area contributed by atoms with Crippen molar-refractivity contribution in [1.82, 2.24) is 10.1 Å². The molecule has 0 radical (unpaired) electrons. The highest BCUT2D eigenvalue weighted by Crippen LogP contribution is 2.43. The number of hydrogen-bond acceptors (Lipinski definition) is 5. The first-order valence-electron chi connectivity index (χ1n) is 6.63. The number of nitrogens with zero attached hydrogens (tertiary/aromatic N) is 2. The molecule has 106 valence electrons. The zero-order valence-electron chi connectivity index (χ0n) is 11.0. The van der Waals surface area contributed by atoms with Gasteiger partial charge in [-0.05, 0) is 43.9 Å². The van der Waals surface area contributed by atoms with Gasteiger partial charge in [-0.1, -0.05) is 16.8 Å². The quantitative estimate of drug-likeness (QED) is 0.913. The summed E-state index contributed by atoms with van der Waals surface area (Å²) in [4.78, 5) is 4.35. The number of aromatic nitrogens is 2. The maximum absolute atomic E-state index is 9.87. The van der Waals surface area contributed by atoms with E-state index in [1.165, 1.54) is 6.07 Å². The second-order valence-corrected chi connectivity index (χ2v) is 5.27. The summed E-state index contributed by atoms with van der Waals surface area (Å²) in [6, 6.07) is 4.77. The molecule has 1 aromatic carbocycles. The smallest absolute Gasteiger partial charge is 0.261 e. The number of phenols is 1. The van der Waals surface area contributed by atoms with Crippen molar-refractivity contribution in [3.05, 3.63) is 29.0 Å². The molecule has 1 unspecified atom stereocenters. The van der Waals surface area contributed by atoms with E-state index in [2.05, 4.69) is 10.1 Å². The maximum atomic E-state index is 9.87. The molecule has 6 heteroatoms. The van der Waals surface area contributed by atoms with Gasteiger partial charge in [0.05, 0.1) is 5.56 Å². The normalized spacial score (nSPS) is 16.3. The van der Waals surface area contributed by atoms with E-state index in [0.29, 0.717) is 28.9 Å². The van der Waals surface area contributed by atoms with Crippen molar-refractivity contribution in [3.63, 3.8) is 0 Å². The summed E-state index contributed by atoms with van der Waals surface area (Å²) in [5.74, 6) is 1.31. The topological polar surface area (TPSA) is 68.4 Å². The minimum atomic E-state index is -0.119. The van der Waals surface area contributed by atoms with Crippen LogP contribution in [0.2, 0.25) is 5.02 Å². The second kappa shape index (κ2) is 5.42. The van der Waals surface area contributed by atoms with E-state index < -0.39 is 0 Å². The Morgan fingerprint density at radius 1 is 1.50 bits per heavy atom. The molecule has 1 N–H and O–H groups in total. The van der Waals surface area contributed by atoms with Gasteiger partial charge in [0.25, 0.3) is 5.89 Å². The van der Waals surface area contributed by atoms with Crippen molar-refractivity contribution < 1.29 is 14.4 Å². The summed E-state index contributed by atoms with van der Waals surface area (Å²) in [7, 11) is 0. The van der Waals surface area contributed by atoms with Crippen molar-refractivity contribution in [2.75, 3.05) is 6.61 Å². The number of aromatic hydroxyl groups is 1. The Kier molecular flexibility index (Phi) is 3.63. The van der Waals surface area contributed by atoms with Crippen LogP contribution in [-0.4, -0.2) is 21.9 Å². The Balaban J connectivity index is 1.89. The van der Waals surface area contributed by atoms with Gasteiger partial charge < -0.3 is 14.4 Å². The molecule has 5 nitrogen and oxygen atoms in total. The minimum Gasteiger partial charge on any atom is -0.507 e. The molecule has 1 aliphatic carbocycles. The maximum Gasteiger partial charge on any atom is 0.261 e. The Labute approximate surface area is 121 Å². The molecule has 0 aliphatic heterocycles. The number of halogens is 1. The lowest BCUT2D eigenvalue weighted by Crippen LogP contribution is -2.08. The molecule has 1 saturated carbocycles. The van der Waals surface area contributed by atoms with Gasteiger partial charge in [-0.15, -0.1) is 0 Å². The van der Waals surface area contributed by atoms with E-state index >= 15 is 0 Å². The van der Waals surface area contributed by atoms with Crippen molar-refractivity contribution in [2.45, 2.75) is 25.9 Å². The van der Waals surface area contributed by atoms with Crippen LogP contribution in [0.1, 0.15) is 31.7 Å². The molecule has 2 aromatic rings. The molecule has 1 atom stereocenters. The number of benzene rings is 1. The first-order chi connectivity index (χ1) is 9.69. The fourth-order valence-electron chi connectivity index (χ4n) is 2.15. The lowest BCUT2D eigenvalue weighted by molar-refractivity contribution is 0.0385. The van der Waals surface area contributed by atoms with Crippen LogP contribution in [0.3, 0.4) is 0 Å². The number of ether oxygens (including phenoxy) is 1. The third-order valence-electron chi connectivity index (χ3n) is 3.28. The summed E-state index contributed by atoms with van der Waals surface area (Å²) in [5, 5.41) is 14.3. The van der Waals surface area contributed by atoms with Gasteiger partial charge in [-0.3, -0.25) is 0 Å². The predicted molar refractivity (Wildman–Crippen MR) is 73.5 cm³/mol. The third kappa shape index (κ3) is 2.64. The van der Waals surface area contributed by atoms with Gasteiger partial charge in [0.15, 0.2) is 0 Å². The highest BCUT2D eigenvalue weighted by molar-refractivity contribution is 6.30. The van der Waals surface area contributed by atoms with Crippen molar-refractivity contribution in [1.29, 1.82) is 0 Å². The molecule has 1 aromatic heterocycles. The standard InChI is InChI=1S/C14H15ClN2O3/c1-2-19-12(8-3-4-8)13-16-14(20-17-13)10-6-5-9(15)7-11(10)18/h5-8,12,18H,2-4H2,1H3. The van der Waals surface area contributed by atoms with Crippen LogP contribution >= 0.6 is 11.6 Å². The molecule has 0 spiro atoms. The van der Waals surface area contributed by atoms with E-state index in [-0.39, 0.29) is 17.7 Å². The lowest BCUT2D eigenvalue weighted by Gasteiger charge is -2.11. The van der Waals surface area contributed by atoms with Crippen molar-refractivity contribution in [3.8, 4) is 17.2 Å². The first-order valence-corrected chi connectivity index (χ1v) is 7.01. The highest BCUT2D eigenvalue weighted by Gasteiger charge is 2.36. The summed E-state index contributed by atoms with van der Waals surface area (Å²) in [5.41, 5.74) is 0.471. The van der Waals surface area contributed by atoms with Crippen LogP contribution in [-0.2, 0) is 4.74 Å². The first kappa shape index (κ1) is 13.4. The molecule has 0 amide bonds. The van der Waals surface area contributed by atoms with Gasteiger partial charge in [0.2, 0.25) is 5.82 Å². The fourth-order valence-corrected chi connectivity index (χ4v) is 2.31. The molecule has 1 heterocycles. The molecular weight excluding hydrogens is 280 g/mol. The van der Waals surface area contributed by atoms with E-state index in [4.69, 9.17) is 20.9 Å². The van der Waals surface area contributed by atoms with Gasteiger partial charge >= 0.3 is 0 Å². The van der Waals surface area contributed by atoms with Gasteiger partial charge in [-0.2, -0.15) is 4.98 Å². The molecule has 0 saturated heterocycles. The number of hydrogen-bond donors (Lipinski definition) is 1. The van der Waals surface area contributed by atoms with Crippen LogP contribution in [0.4, 0.5) is 0 Å². The molecule has 20 heavy (non-hydrogen) atoms. The molecule has 1 aliphatic rings. The van der Waals surface area contributed by atoms with Gasteiger partial charge in [-0.25, -0.2) is 0 Å². The largest absolute Gasteiger partial charge is 0.507 e. The van der Waals surface area contributed by atoms with Gasteiger partial charge in [0.1, 0.15) is 11.9 Å². The second-order valence-electron chi connectivity index (χ2n) is 4.83. The van der Waals surface area contributed by atoms with Crippen molar-refractivity contribution in [2.24, 2.45) is 5.92 Å². The van der Waals surface area contributed by atoms with Crippen LogP contribution in [0.25, 0.3) is 11.5 Å². The fraction of sp³-hybridized carbons (Fsp3) is 0.429. The predicted octanol–water partition coefficient (Wildman–Crippen LogP) is 3.58. The highest BCUT2D eigenvalue weighted by atomic mass is 35.5. The number of phenolic OH excluding ortho intramolecular Hbond substituents is 1. The number of rotatable bonds is 5. The average Bonchev–Trinajstić information content (AvgIpc) is 3.14. The Morgan fingerprint density at radius 3 is 2.95 bits per heavy atom. The van der Waals surface area contributed by atoms with Crippen LogP contribution in [0.5, 0.6) is 5.75 Å². The van der Waals surface area contributed by atoms with Crippen LogP contribution < -0.4 is 0 Å². The monoisotopic (exact) mass is 294 g/mol. The van der Waals surface area contributed by atoms with E-state index in [1.54, 1.807) is 12.1 Å². The summed E-state index contributed by atoms with van der Waals surface area (Å²) in [6.07, 6.45) is 2.13. The molecule has 0 bridgehead atoms. The molecular formula is C14H15ClN2O3. The minimum absolute atomic E-state index is 0.0204. The van der Waals surface area contributed by atoms with Crippen LogP contribution in [0.15, 0.2) is 22.7 Å². The zero-order valence-corrected chi connectivity index (χ0v) is 11.8. The van der Waals surface area contributed by atoms with E-state index in [9.17, 15) is 5.11 Å². The Morgan fingerprint density at radius 2 is 2.30 bits per heavy atom. The molecule has 1 fully saturated rings. The van der Waals surface area contributed by atoms with Crippen molar-refractivity contribution >= 4 is 11.6 Å². The third-order valence-corrected chi connectivity index (χ3v) is 3.52. The summed E-state index contributed by atoms with van der Waals surface area (Å²) >= 11 is 5.80. The SMILES string of the molecule is CCOC(c1noc(-c2ccc(Cl)cc2O)n1)C1CC1. The van der Waals surface area contributed by atoms with E-state index in [1.807, 2.05) is 6.92 Å². The zero-order chi connectivity index (χ0) is 14.1. The van der Waals surface area contributed by atoms with Crippen LogP contribution in [0, 0.1) is 5.92 Å². The van der Waals surface area contributed by atoms with E-state index in [0.717, 1.165) is 12.8 Å². The van der Waals surface area contributed by atoms with Gasteiger partial charge in [0, 0.05) is 11.6 Å². The lowest BCUT2D eigenvalue weighted by atomic mass is 10.2. The summed E-state index contributed by atoms with van der Waals surface area (Å²) < 4.78 is 10.9. The Bertz CT molecular complexity index is 610. The molecule has 3 rings (SSSR count). The Hall–Kier alpha value is -1.59. The average molecular weight is 295 g/mol. The summed E-state index contributed by atoms with van der Waals surface area (Å²) in [6.45, 7) is 2.55.